The maximum atomic E-state index is 12.1. The van der Waals surface area contributed by atoms with E-state index in [1.54, 1.807) is 7.11 Å². The first-order valence-corrected chi connectivity index (χ1v) is 9.45. The molecule has 6 heteroatoms. The molecule has 1 fully saturated rings. The van der Waals surface area contributed by atoms with Crippen molar-refractivity contribution >= 4 is 11.8 Å². The summed E-state index contributed by atoms with van der Waals surface area (Å²) in [6.07, 6.45) is 3.67. The molecule has 1 N–H and O–H groups in total. The lowest BCUT2D eigenvalue weighted by Gasteiger charge is -2.47. The molecule has 1 aromatic heterocycles. The van der Waals surface area contributed by atoms with Crippen molar-refractivity contribution in [1.29, 1.82) is 0 Å². The molecular weight excluding hydrogens is 342 g/mol. The number of nitrogens with zero attached hydrogens (tertiary/aromatic N) is 3. The van der Waals surface area contributed by atoms with Crippen molar-refractivity contribution in [2.45, 2.75) is 24.8 Å². The van der Waals surface area contributed by atoms with Gasteiger partial charge in [0.1, 0.15) is 0 Å². The first-order chi connectivity index (χ1) is 13.1. The second kappa shape index (κ2) is 8.59. The molecule has 1 aliphatic rings. The third kappa shape index (κ3) is 4.34. The summed E-state index contributed by atoms with van der Waals surface area (Å²) in [6.45, 7) is 3.12. The van der Waals surface area contributed by atoms with E-state index in [9.17, 15) is 9.90 Å². The Bertz CT molecular complexity index is 736. The Morgan fingerprint density at radius 1 is 1.19 bits per heavy atom. The van der Waals surface area contributed by atoms with Gasteiger partial charge >= 0.3 is 6.09 Å². The zero-order chi connectivity index (χ0) is 19.3. The van der Waals surface area contributed by atoms with Gasteiger partial charge in [0, 0.05) is 57.8 Å². The van der Waals surface area contributed by atoms with E-state index in [1.165, 1.54) is 10.6 Å². The summed E-state index contributed by atoms with van der Waals surface area (Å²) in [5.41, 5.74) is 1.50. The van der Waals surface area contributed by atoms with Crippen LogP contribution in [0.3, 0.4) is 0 Å². The van der Waals surface area contributed by atoms with E-state index in [0.29, 0.717) is 12.3 Å². The van der Waals surface area contributed by atoms with E-state index in [2.05, 4.69) is 34.8 Å². The number of carboxylic acid groups (broad SMARTS) is 1. The quantitative estimate of drug-likeness (QED) is 0.812. The standard InChI is InChI=1S/C21H29N3O3/c1-22-13-6-9-18(22)10-14-23-15-11-21(12-16-23,17-27-2)24(20(25)26)19-7-4-3-5-8-19/h3-9,13H,10-12,14-17H2,1-2H3,(H,25,26). The lowest BCUT2D eigenvalue weighted by molar-refractivity contribution is 0.0704. The van der Waals surface area contributed by atoms with Crippen molar-refractivity contribution < 1.29 is 14.6 Å². The molecule has 27 heavy (non-hydrogen) atoms. The first-order valence-electron chi connectivity index (χ1n) is 9.45. The number of benzene rings is 1. The average Bonchev–Trinajstić information content (AvgIpc) is 3.07. The third-order valence-electron chi connectivity index (χ3n) is 5.62. The van der Waals surface area contributed by atoms with Crippen LogP contribution < -0.4 is 4.90 Å². The lowest BCUT2D eigenvalue weighted by Crippen LogP contribution is -2.60. The van der Waals surface area contributed by atoms with Crippen LogP contribution in [0.1, 0.15) is 18.5 Å². The Kier molecular flexibility index (Phi) is 6.19. The van der Waals surface area contributed by atoms with Crippen molar-refractivity contribution in [3.63, 3.8) is 0 Å². The normalized spacial score (nSPS) is 17.0. The minimum atomic E-state index is -0.921. The molecule has 0 unspecified atom stereocenters. The van der Waals surface area contributed by atoms with Crippen molar-refractivity contribution in [1.82, 2.24) is 9.47 Å². The third-order valence-corrected chi connectivity index (χ3v) is 5.62. The van der Waals surface area contributed by atoms with Gasteiger partial charge in [-0.25, -0.2) is 4.79 Å². The molecular formula is C21H29N3O3. The summed E-state index contributed by atoms with van der Waals surface area (Å²) in [6, 6.07) is 13.6. The van der Waals surface area contributed by atoms with Gasteiger partial charge in [-0.2, -0.15) is 0 Å². The number of para-hydroxylation sites is 1. The molecule has 0 atom stereocenters. The predicted molar refractivity (Wildman–Crippen MR) is 106 cm³/mol. The van der Waals surface area contributed by atoms with Gasteiger partial charge in [-0.05, 0) is 37.1 Å². The number of hydrogen-bond acceptors (Lipinski definition) is 3. The fourth-order valence-electron chi connectivity index (χ4n) is 4.09. The number of likely N-dealkylation sites (tertiary alicyclic amines) is 1. The number of piperidine rings is 1. The van der Waals surface area contributed by atoms with Crippen LogP contribution in [0.4, 0.5) is 10.5 Å². The van der Waals surface area contributed by atoms with Crippen LogP contribution in [0.25, 0.3) is 0 Å². The van der Waals surface area contributed by atoms with Crippen molar-refractivity contribution in [2.24, 2.45) is 7.05 Å². The molecule has 1 aliphatic heterocycles. The maximum Gasteiger partial charge on any atom is 0.412 e. The molecule has 1 saturated heterocycles. The van der Waals surface area contributed by atoms with Crippen LogP contribution in [0, 0.1) is 0 Å². The fourth-order valence-corrected chi connectivity index (χ4v) is 4.09. The number of aromatic nitrogens is 1. The van der Waals surface area contributed by atoms with E-state index < -0.39 is 11.6 Å². The number of anilines is 1. The molecule has 0 aliphatic carbocycles. The van der Waals surface area contributed by atoms with Gasteiger partial charge in [-0.3, -0.25) is 4.90 Å². The van der Waals surface area contributed by atoms with E-state index in [-0.39, 0.29) is 0 Å². The highest BCUT2D eigenvalue weighted by molar-refractivity contribution is 5.87. The SMILES string of the molecule is COCC1(N(C(=O)O)c2ccccc2)CCN(CCc2cccn2C)CC1. The van der Waals surface area contributed by atoms with Crippen LogP contribution in [0.5, 0.6) is 0 Å². The first kappa shape index (κ1) is 19.5. The monoisotopic (exact) mass is 371 g/mol. The summed E-state index contributed by atoms with van der Waals surface area (Å²) in [5.74, 6) is 0. The molecule has 6 nitrogen and oxygen atoms in total. The van der Waals surface area contributed by atoms with E-state index in [1.807, 2.05) is 30.3 Å². The molecule has 0 saturated carbocycles. The van der Waals surface area contributed by atoms with Gasteiger partial charge in [0.15, 0.2) is 0 Å². The molecule has 146 valence electrons. The minimum Gasteiger partial charge on any atom is -0.465 e. The van der Waals surface area contributed by atoms with E-state index in [4.69, 9.17) is 4.74 Å². The van der Waals surface area contributed by atoms with Crippen molar-refractivity contribution in [2.75, 3.05) is 38.3 Å². The molecule has 2 heterocycles. The molecule has 0 bridgehead atoms. The maximum absolute atomic E-state index is 12.1. The highest BCUT2D eigenvalue weighted by atomic mass is 16.5. The van der Waals surface area contributed by atoms with Crippen LogP contribution in [-0.4, -0.2) is 59.6 Å². The van der Waals surface area contributed by atoms with E-state index in [0.717, 1.165) is 38.9 Å². The van der Waals surface area contributed by atoms with Gasteiger partial charge in [0.05, 0.1) is 12.1 Å². The molecule has 1 aromatic carbocycles. The van der Waals surface area contributed by atoms with Crippen molar-refractivity contribution in [3.8, 4) is 0 Å². The number of carbonyl (C=O) groups is 1. The van der Waals surface area contributed by atoms with Gasteiger partial charge in [0.25, 0.3) is 0 Å². The topological polar surface area (TPSA) is 57.9 Å². The van der Waals surface area contributed by atoms with Crippen molar-refractivity contribution in [3.05, 3.63) is 54.4 Å². The molecule has 2 aromatic rings. The average molecular weight is 371 g/mol. The van der Waals surface area contributed by atoms with Crippen LogP contribution in [-0.2, 0) is 18.2 Å². The summed E-state index contributed by atoms with van der Waals surface area (Å²) in [5, 5.41) is 9.95. The largest absolute Gasteiger partial charge is 0.465 e. The highest BCUT2D eigenvalue weighted by Gasteiger charge is 2.43. The summed E-state index contributed by atoms with van der Waals surface area (Å²) in [4.78, 5) is 16.1. The number of amides is 1. The van der Waals surface area contributed by atoms with Gasteiger partial charge in [0.2, 0.25) is 0 Å². The summed E-state index contributed by atoms with van der Waals surface area (Å²) < 4.78 is 7.63. The predicted octanol–water partition coefficient (Wildman–Crippen LogP) is 3.23. The fraction of sp³-hybridized carbons (Fsp3) is 0.476. The van der Waals surface area contributed by atoms with Gasteiger partial charge in [-0.1, -0.05) is 18.2 Å². The Labute approximate surface area is 161 Å². The summed E-state index contributed by atoms with van der Waals surface area (Å²) in [7, 11) is 3.72. The van der Waals surface area contributed by atoms with Gasteiger partial charge in [-0.15, -0.1) is 0 Å². The molecule has 3 rings (SSSR count). The lowest BCUT2D eigenvalue weighted by atomic mass is 9.85. The van der Waals surface area contributed by atoms with Crippen LogP contribution in [0.2, 0.25) is 0 Å². The second-order valence-electron chi connectivity index (χ2n) is 7.31. The smallest absolute Gasteiger partial charge is 0.412 e. The molecule has 1 amide bonds. The Morgan fingerprint density at radius 2 is 1.89 bits per heavy atom. The van der Waals surface area contributed by atoms with E-state index >= 15 is 0 Å². The Hall–Kier alpha value is -2.31. The number of methoxy groups -OCH3 is 1. The zero-order valence-electron chi connectivity index (χ0n) is 16.2. The Morgan fingerprint density at radius 3 is 2.44 bits per heavy atom. The Balaban J connectivity index is 1.70. The number of aryl methyl sites for hydroxylation is 1. The minimum absolute atomic E-state index is 0.403. The number of hydrogen-bond donors (Lipinski definition) is 1. The van der Waals surface area contributed by atoms with Crippen LogP contribution >= 0.6 is 0 Å². The number of ether oxygens (including phenoxy) is 1. The van der Waals surface area contributed by atoms with Gasteiger partial charge < -0.3 is 19.3 Å². The molecule has 0 radical (unpaired) electrons. The zero-order valence-corrected chi connectivity index (χ0v) is 16.2. The van der Waals surface area contributed by atoms with Crippen LogP contribution in [0.15, 0.2) is 48.7 Å². The summed E-state index contributed by atoms with van der Waals surface area (Å²) >= 11 is 0. The highest BCUT2D eigenvalue weighted by Crippen LogP contribution is 2.34. The molecule has 0 spiro atoms. The number of rotatable bonds is 7. The second-order valence-corrected chi connectivity index (χ2v) is 7.31.